The minimum atomic E-state index is -0.256. The van der Waals surface area contributed by atoms with Crippen LogP contribution in [0.2, 0.25) is 0 Å². The number of ether oxygens (including phenoxy) is 1. The van der Waals surface area contributed by atoms with E-state index in [1.54, 1.807) is 0 Å². The molecule has 3 atom stereocenters. The van der Waals surface area contributed by atoms with Gasteiger partial charge in [0.25, 0.3) is 0 Å². The van der Waals surface area contributed by atoms with Gasteiger partial charge in [-0.3, -0.25) is 4.90 Å². The predicted octanol–water partition coefficient (Wildman–Crippen LogP) is 1.24. The number of morpholine rings is 1. The summed E-state index contributed by atoms with van der Waals surface area (Å²) in [5.41, 5.74) is 0. The highest BCUT2D eigenvalue weighted by atomic mass is 16.5. The van der Waals surface area contributed by atoms with Gasteiger partial charge in [-0.1, -0.05) is 26.2 Å². The van der Waals surface area contributed by atoms with E-state index >= 15 is 0 Å². The molecule has 2 fully saturated rings. The Labute approximate surface area is 117 Å². The van der Waals surface area contributed by atoms with Crippen LogP contribution in [0.4, 0.5) is 0 Å². The van der Waals surface area contributed by atoms with Crippen molar-refractivity contribution < 1.29 is 9.84 Å². The Morgan fingerprint density at radius 3 is 2.74 bits per heavy atom. The number of aliphatic hydroxyl groups excluding tert-OH is 1. The van der Waals surface area contributed by atoms with Crippen molar-refractivity contribution in [2.24, 2.45) is 5.92 Å². The van der Waals surface area contributed by atoms with Gasteiger partial charge in [0.1, 0.15) is 0 Å². The third-order valence-corrected chi connectivity index (χ3v) is 4.55. The summed E-state index contributed by atoms with van der Waals surface area (Å²) >= 11 is 0. The van der Waals surface area contributed by atoms with Crippen LogP contribution in [0.3, 0.4) is 0 Å². The molecule has 3 unspecified atom stereocenters. The van der Waals surface area contributed by atoms with Gasteiger partial charge in [-0.15, -0.1) is 0 Å². The molecule has 0 aromatic carbocycles. The standard InChI is InChI=1S/C15H30N2O2/c1-13-5-3-2-4-6-15(13)16-11-14(18)12-17-7-9-19-10-8-17/h13-16,18H,2-12H2,1H3. The van der Waals surface area contributed by atoms with Crippen LogP contribution in [0.5, 0.6) is 0 Å². The molecule has 0 bridgehead atoms. The highest BCUT2D eigenvalue weighted by Gasteiger charge is 2.21. The molecule has 4 nitrogen and oxygen atoms in total. The molecular weight excluding hydrogens is 240 g/mol. The number of hydrogen-bond donors (Lipinski definition) is 2. The maximum Gasteiger partial charge on any atom is 0.0791 e. The zero-order chi connectivity index (χ0) is 13.5. The van der Waals surface area contributed by atoms with Crippen LogP contribution in [0.25, 0.3) is 0 Å². The monoisotopic (exact) mass is 270 g/mol. The molecule has 0 spiro atoms. The van der Waals surface area contributed by atoms with E-state index in [9.17, 15) is 5.11 Å². The minimum Gasteiger partial charge on any atom is -0.390 e. The second kappa shape index (κ2) is 8.20. The van der Waals surface area contributed by atoms with Gasteiger partial charge in [0.2, 0.25) is 0 Å². The smallest absolute Gasteiger partial charge is 0.0791 e. The van der Waals surface area contributed by atoms with Crippen molar-refractivity contribution in [3.8, 4) is 0 Å². The molecule has 1 heterocycles. The van der Waals surface area contributed by atoms with Crippen LogP contribution in [-0.2, 0) is 4.74 Å². The van der Waals surface area contributed by atoms with Crippen molar-refractivity contribution in [3.63, 3.8) is 0 Å². The number of rotatable bonds is 5. The molecule has 1 aliphatic heterocycles. The molecule has 1 aliphatic carbocycles. The summed E-state index contributed by atoms with van der Waals surface area (Å²) in [5, 5.41) is 13.7. The largest absolute Gasteiger partial charge is 0.390 e. The van der Waals surface area contributed by atoms with Crippen LogP contribution in [-0.4, -0.2) is 61.5 Å². The lowest BCUT2D eigenvalue weighted by molar-refractivity contribution is 0.0141. The summed E-state index contributed by atoms with van der Waals surface area (Å²) < 4.78 is 5.33. The van der Waals surface area contributed by atoms with E-state index in [0.717, 1.165) is 45.3 Å². The normalized spacial score (nSPS) is 31.9. The van der Waals surface area contributed by atoms with E-state index in [1.807, 2.05) is 0 Å². The molecule has 2 rings (SSSR count). The van der Waals surface area contributed by atoms with Crippen molar-refractivity contribution in [3.05, 3.63) is 0 Å². The lowest BCUT2D eigenvalue weighted by atomic mass is 9.97. The van der Waals surface area contributed by atoms with Gasteiger partial charge in [0, 0.05) is 32.2 Å². The first-order chi connectivity index (χ1) is 9.25. The van der Waals surface area contributed by atoms with E-state index in [4.69, 9.17) is 4.74 Å². The Balaban J connectivity index is 1.65. The van der Waals surface area contributed by atoms with Gasteiger partial charge in [-0.05, 0) is 18.8 Å². The van der Waals surface area contributed by atoms with Gasteiger partial charge in [0.05, 0.1) is 19.3 Å². The van der Waals surface area contributed by atoms with Crippen molar-refractivity contribution in [1.29, 1.82) is 0 Å². The molecule has 112 valence electrons. The second-order valence-corrected chi connectivity index (χ2v) is 6.20. The first kappa shape index (κ1) is 15.2. The summed E-state index contributed by atoms with van der Waals surface area (Å²) in [6.07, 6.45) is 6.42. The topological polar surface area (TPSA) is 44.7 Å². The first-order valence-corrected chi connectivity index (χ1v) is 7.97. The number of aliphatic hydroxyl groups is 1. The van der Waals surface area contributed by atoms with E-state index in [0.29, 0.717) is 6.04 Å². The fourth-order valence-corrected chi connectivity index (χ4v) is 3.23. The van der Waals surface area contributed by atoms with Crippen molar-refractivity contribution in [2.45, 2.75) is 51.2 Å². The summed E-state index contributed by atoms with van der Waals surface area (Å²) in [7, 11) is 0. The Kier molecular flexibility index (Phi) is 6.57. The van der Waals surface area contributed by atoms with E-state index in [2.05, 4.69) is 17.1 Å². The lowest BCUT2D eigenvalue weighted by Gasteiger charge is -2.30. The maximum absolute atomic E-state index is 10.1. The SMILES string of the molecule is CC1CCCCCC1NCC(O)CN1CCOCC1. The summed E-state index contributed by atoms with van der Waals surface area (Å²) in [6, 6.07) is 0.599. The summed E-state index contributed by atoms with van der Waals surface area (Å²) in [5.74, 6) is 0.748. The third-order valence-electron chi connectivity index (χ3n) is 4.55. The van der Waals surface area contributed by atoms with Gasteiger partial charge >= 0.3 is 0 Å². The second-order valence-electron chi connectivity index (χ2n) is 6.20. The Morgan fingerprint density at radius 2 is 1.95 bits per heavy atom. The van der Waals surface area contributed by atoms with Crippen molar-refractivity contribution >= 4 is 0 Å². The summed E-state index contributed by atoms with van der Waals surface area (Å²) in [4.78, 5) is 2.30. The summed E-state index contributed by atoms with van der Waals surface area (Å²) in [6.45, 7) is 7.37. The molecule has 0 amide bonds. The third kappa shape index (κ3) is 5.38. The van der Waals surface area contributed by atoms with E-state index in [-0.39, 0.29) is 6.10 Å². The van der Waals surface area contributed by atoms with Gasteiger partial charge in [0.15, 0.2) is 0 Å². The molecule has 0 aromatic heterocycles. The van der Waals surface area contributed by atoms with Gasteiger partial charge in [-0.2, -0.15) is 0 Å². The number of hydrogen-bond acceptors (Lipinski definition) is 4. The van der Waals surface area contributed by atoms with Crippen LogP contribution in [0, 0.1) is 5.92 Å². The Bertz CT molecular complexity index is 244. The van der Waals surface area contributed by atoms with Gasteiger partial charge in [-0.25, -0.2) is 0 Å². The molecular formula is C15H30N2O2. The minimum absolute atomic E-state index is 0.256. The first-order valence-electron chi connectivity index (χ1n) is 7.97. The molecule has 0 aromatic rings. The molecule has 2 aliphatic rings. The molecule has 2 N–H and O–H groups in total. The highest BCUT2D eigenvalue weighted by Crippen LogP contribution is 2.22. The Hall–Kier alpha value is -0.160. The lowest BCUT2D eigenvalue weighted by Crippen LogP contribution is -2.46. The number of nitrogens with one attached hydrogen (secondary N) is 1. The fraction of sp³-hybridized carbons (Fsp3) is 1.00. The average Bonchev–Trinajstić information content (AvgIpc) is 2.62. The zero-order valence-electron chi connectivity index (χ0n) is 12.3. The zero-order valence-corrected chi connectivity index (χ0v) is 12.3. The molecule has 0 radical (unpaired) electrons. The van der Waals surface area contributed by atoms with E-state index in [1.165, 1.54) is 32.1 Å². The average molecular weight is 270 g/mol. The van der Waals surface area contributed by atoms with Crippen LogP contribution >= 0.6 is 0 Å². The van der Waals surface area contributed by atoms with Crippen LogP contribution < -0.4 is 5.32 Å². The molecule has 1 saturated heterocycles. The maximum atomic E-state index is 10.1. The quantitative estimate of drug-likeness (QED) is 0.738. The van der Waals surface area contributed by atoms with Crippen LogP contribution in [0.1, 0.15) is 39.0 Å². The number of β-amino-alcohol motifs (C(OH)–C–C–N with tert-alkyl or cyclic N) is 1. The van der Waals surface area contributed by atoms with E-state index < -0.39 is 0 Å². The fourth-order valence-electron chi connectivity index (χ4n) is 3.23. The van der Waals surface area contributed by atoms with Gasteiger partial charge < -0.3 is 15.2 Å². The molecule has 19 heavy (non-hydrogen) atoms. The Morgan fingerprint density at radius 1 is 1.21 bits per heavy atom. The molecule has 1 saturated carbocycles. The highest BCUT2D eigenvalue weighted by molar-refractivity contribution is 4.79. The molecule has 4 heteroatoms. The van der Waals surface area contributed by atoms with Crippen LogP contribution in [0.15, 0.2) is 0 Å². The number of nitrogens with zero attached hydrogens (tertiary/aromatic N) is 1. The van der Waals surface area contributed by atoms with Crippen molar-refractivity contribution in [2.75, 3.05) is 39.4 Å². The predicted molar refractivity (Wildman–Crippen MR) is 77.3 cm³/mol. The van der Waals surface area contributed by atoms with Crippen molar-refractivity contribution in [1.82, 2.24) is 10.2 Å².